The van der Waals surface area contributed by atoms with E-state index >= 15 is 0 Å². The van der Waals surface area contributed by atoms with E-state index in [1.165, 1.54) is 5.56 Å². The topological polar surface area (TPSA) is 41.6 Å². The van der Waals surface area contributed by atoms with Gasteiger partial charge in [-0.05, 0) is 56.8 Å². The molecule has 0 radical (unpaired) electrons. The molecule has 0 aromatic heterocycles. The van der Waals surface area contributed by atoms with Crippen LogP contribution < -0.4 is 10.1 Å². The first-order valence-electron chi connectivity index (χ1n) is 9.26. The first-order valence-corrected chi connectivity index (χ1v) is 9.26. The van der Waals surface area contributed by atoms with E-state index in [1.807, 2.05) is 57.4 Å². The summed E-state index contributed by atoms with van der Waals surface area (Å²) < 4.78 is 5.76. The van der Waals surface area contributed by atoms with E-state index in [2.05, 4.69) is 29.3 Å². The predicted molar refractivity (Wildman–Crippen MR) is 107 cm³/mol. The van der Waals surface area contributed by atoms with Crippen molar-refractivity contribution in [2.24, 2.45) is 0 Å². The van der Waals surface area contributed by atoms with Gasteiger partial charge in [0.1, 0.15) is 5.75 Å². The van der Waals surface area contributed by atoms with Crippen LogP contribution in [0.25, 0.3) is 0 Å². The van der Waals surface area contributed by atoms with Crippen LogP contribution in [0.15, 0.2) is 48.5 Å². The smallest absolute Gasteiger partial charge is 0.251 e. The summed E-state index contributed by atoms with van der Waals surface area (Å²) in [5.41, 5.74) is 2.84. The van der Waals surface area contributed by atoms with Crippen molar-refractivity contribution in [1.82, 2.24) is 10.2 Å². The van der Waals surface area contributed by atoms with E-state index in [9.17, 15) is 4.79 Å². The number of hydrogen-bond acceptors (Lipinski definition) is 3. The molecular weight excluding hydrogens is 324 g/mol. The summed E-state index contributed by atoms with van der Waals surface area (Å²) in [5.74, 6) is 0.793. The van der Waals surface area contributed by atoms with Crippen LogP contribution in [-0.2, 0) is 0 Å². The first-order chi connectivity index (χ1) is 12.5. The summed E-state index contributed by atoms with van der Waals surface area (Å²) >= 11 is 0. The molecule has 0 bridgehead atoms. The van der Waals surface area contributed by atoms with Crippen LogP contribution in [0.5, 0.6) is 5.75 Å². The van der Waals surface area contributed by atoms with Gasteiger partial charge in [-0.2, -0.15) is 0 Å². The molecule has 0 aliphatic heterocycles. The van der Waals surface area contributed by atoms with Crippen LogP contribution in [0, 0.1) is 6.92 Å². The van der Waals surface area contributed by atoms with Gasteiger partial charge in [-0.3, -0.25) is 4.79 Å². The molecule has 140 valence electrons. The number of unbranched alkanes of at least 4 members (excludes halogenated alkanes) is 1. The largest absolute Gasteiger partial charge is 0.493 e. The fourth-order valence-electron chi connectivity index (χ4n) is 2.84. The average Bonchev–Trinajstić information content (AvgIpc) is 2.63. The monoisotopic (exact) mass is 354 g/mol. The van der Waals surface area contributed by atoms with Gasteiger partial charge < -0.3 is 15.0 Å². The number of amides is 1. The van der Waals surface area contributed by atoms with Crippen LogP contribution >= 0.6 is 0 Å². The zero-order valence-electron chi connectivity index (χ0n) is 16.3. The molecule has 1 atom stereocenters. The highest BCUT2D eigenvalue weighted by Crippen LogP contribution is 2.20. The van der Waals surface area contributed by atoms with Crippen molar-refractivity contribution in [3.05, 3.63) is 65.2 Å². The highest BCUT2D eigenvalue weighted by molar-refractivity contribution is 5.94. The number of carbonyl (C=O) groups is 1. The third-order valence-corrected chi connectivity index (χ3v) is 4.46. The van der Waals surface area contributed by atoms with Gasteiger partial charge in [-0.25, -0.2) is 0 Å². The Morgan fingerprint density at radius 3 is 2.50 bits per heavy atom. The van der Waals surface area contributed by atoms with Gasteiger partial charge in [0.2, 0.25) is 0 Å². The molecule has 26 heavy (non-hydrogen) atoms. The molecule has 0 saturated heterocycles. The molecule has 0 saturated carbocycles. The first kappa shape index (κ1) is 20.0. The minimum Gasteiger partial charge on any atom is -0.493 e. The maximum absolute atomic E-state index is 12.6. The standard InChI is InChI=1S/C22H30N2O2/c1-5-6-14-26-21-13-12-19(15-17(21)2)22(25)23-16-20(24(3)4)18-10-8-7-9-11-18/h7-13,15,20H,5-6,14,16H2,1-4H3,(H,23,25). The second kappa shape index (κ2) is 9.97. The van der Waals surface area contributed by atoms with Crippen LogP contribution in [0.1, 0.15) is 47.3 Å². The lowest BCUT2D eigenvalue weighted by Crippen LogP contribution is -2.34. The summed E-state index contributed by atoms with van der Waals surface area (Å²) in [6, 6.07) is 16.0. The summed E-state index contributed by atoms with van der Waals surface area (Å²) in [7, 11) is 4.05. The Labute approximate surface area is 157 Å². The van der Waals surface area contributed by atoms with Gasteiger partial charge in [-0.15, -0.1) is 0 Å². The Morgan fingerprint density at radius 1 is 1.15 bits per heavy atom. The molecule has 0 spiro atoms. The number of nitrogens with zero attached hydrogens (tertiary/aromatic N) is 1. The molecule has 4 nitrogen and oxygen atoms in total. The summed E-state index contributed by atoms with van der Waals surface area (Å²) in [4.78, 5) is 14.7. The van der Waals surface area contributed by atoms with Crippen molar-refractivity contribution in [2.45, 2.75) is 32.7 Å². The van der Waals surface area contributed by atoms with Gasteiger partial charge in [0.05, 0.1) is 12.6 Å². The van der Waals surface area contributed by atoms with E-state index in [0.717, 1.165) is 24.2 Å². The highest BCUT2D eigenvalue weighted by Gasteiger charge is 2.16. The predicted octanol–water partition coefficient (Wildman–Crippen LogP) is 4.21. The van der Waals surface area contributed by atoms with Crippen LogP contribution in [0.3, 0.4) is 0 Å². The van der Waals surface area contributed by atoms with Gasteiger partial charge in [0.15, 0.2) is 0 Å². The van der Waals surface area contributed by atoms with E-state index in [1.54, 1.807) is 0 Å². The zero-order valence-corrected chi connectivity index (χ0v) is 16.3. The molecule has 0 heterocycles. The van der Waals surface area contributed by atoms with Crippen LogP contribution in [0.2, 0.25) is 0 Å². The Hall–Kier alpha value is -2.33. The molecule has 0 aliphatic carbocycles. The van der Waals surface area contributed by atoms with Crippen molar-refractivity contribution in [2.75, 3.05) is 27.2 Å². The number of hydrogen-bond donors (Lipinski definition) is 1. The molecule has 2 rings (SSSR count). The van der Waals surface area contributed by atoms with Gasteiger partial charge in [-0.1, -0.05) is 43.7 Å². The fraction of sp³-hybridized carbons (Fsp3) is 0.409. The average molecular weight is 354 g/mol. The number of carbonyl (C=O) groups excluding carboxylic acids is 1. The van der Waals surface area contributed by atoms with E-state index in [-0.39, 0.29) is 11.9 Å². The third kappa shape index (κ3) is 5.60. The van der Waals surface area contributed by atoms with Crippen LogP contribution in [0.4, 0.5) is 0 Å². The lowest BCUT2D eigenvalue weighted by atomic mass is 10.1. The van der Waals surface area contributed by atoms with E-state index in [0.29, 0.717) is 18.7 Å². The van der Waals surface area contributed by atoms with Crippen molar-refractivity contribution >= 4 is 5.91 Å². The van der Waals surface area contributed by atoms with Gasteiger partial charge >= 0.3 is 0 Å². The minimum absolute atomic E-state index is 0.0593. The lowest BCUT2D eigenvalue weighted by Gasteiger charge is -2.25. The molecule has 0 fully saturated rings. The number of ether oxygens (including phenoxy) is 1. The number of aryl methyl sites for hydroxylation is 1. The molecule has 1 amide bonds. The van der Waals surface area contributed by atoms with Crippen LogP contribution in [-0.4, -0.2) is 38.1 Å². The van der Waals surface area contributed by atoms with Crippen molar-refractivity contribution in [1.29, 1.82) is 0 Å². The Balaban J connectivity index is 1.99. The quantitative estimate of drug-likeness (QED) is 0.686. The van der Waals surface area contributed by atoms with Gasteiger partial charge in [0, 0.05) is 12.1 Å². The maximum atomic E-state index is 12.6. The molecule has 0 aliphatic rings. The molecule has 2 aromatic carbocycles. The highest BCUT2D eigenvalue weighted by atomic mass is 16.5. The van der Waals surface area contributed by atoms with Crippen molar-refractivity contribution < 1.29 is 9.53 Å². The summed E-state index contributed by atoms with van der Waals surface area (Å²) in [6.07, 6.45) is 2.14. The lowest BCUT2D eigenvalue weighted by molar-refractivity contribution is 0.0942. The SMILES string of the molecule is CCCCOc1ccc(C(=O)NCC(c2ccccc2)N(C)C)cc1C. The second-order valence-electron chi connectivity index (χ2n) is 6.78. The number of benzene rings is 2. The molecule has 1 unspecified atom stereocenters. The second-order valence-corrected chi connectivity index (χ2v) is 6.78. The normalized spacial score (nSPS) is 12.0. The zero-order chi connectivity index (χ0) is 18.9. The molecule has 1 N–H and O–H groups in total. The van der Waals surface area contributed by atoms with Gasteiger partial charge in [0.25, 0.3) is 5.91 Å². The maximum Gasteiger partial charge on any atom is 0.251 e. The molecule has 4 heteroatoms. The Kier molecular flexibility index (Phi) is 7.67. The van der Waals surface area contributed by atoms with Crippen molar-refractivity contribution in [3.63, 3.8) is 0 Å². The molecular formula is C22H30N2O2. The Morgan fingerprint density at radius 2 is 1.88 bits per heavy atom. The van der Waals surface area contributed by atoms with E-state index < -0.39 is 0 Å². The summed E-state index contributed by atoms with van der Waals surface area (Å²) in [5, 5.41) is 3.06. The third-order valence-electron chi connectivity index (χ3n) is 4.46. The molecule has 2 aromatic rings. The van der Waals surface area contributed by atoms with Crippen molar-refractivity contribution in [3.8, 4) is 5.75 Å². The number of rotatable bonds is 9. The Bertz CT molecular complexity index is 699. The fourth-order valence-corrected chi connectivity index (χ4v) is 2.84. The summed E-state index contributed by atoms with van der Waals surface area (Å²) in [6.45, 7) is 5.39. The minimum atomic E-state index is -0.0593. The number of likely N-dealkylation sites (N-methyl/N-ethyl adjacent to an activating group) is 1. The number of nitrogens with one attached hydrogen (secondary N) is 1. The van der Waals surface area contributed by atoms with E-state index in [4.69, 9.17) is 4.74 Å².